The summed E-state index contributed by atoms with van der Waals surface area (Å²) in [6.07, 6.45) is -1.20. The van der Waals surface area contributed by atoms with Crippen molar-refractivity contribution in [3.8, 4) is 10.4 Å². The molecule has 3 N–H and O–H groups in total. The van der Waals surface area contributed by atoms with Crippen LogP contribution in [0.2, 0.25) is 0 Å². The number of hydrogen-bond donors (Lipinski definition) is 3. The van der Waals surface area contributed by atoms with Crippen LogP contribution in [0.15, 0.2) is 46.6 Å². The lowest BCUT2D eigenvalue weighted by molar-refractivity contribution is -0.129. The zero-order chi connectivity index (χ0) is 20.4. The maximum absolute atomic E-state index is 12.8. The van der Waals surface area contributed by atoms with Crippen LogP contribution in [0.3, 0.4) is 0 Å². The van der Waals surface area contributed by atoms with Crippen molar-refractivity contribution >= 4 is 28.6 Å². The first-order chi connectivity index (χ1) is 14.0. The Morgan fingerprint density at radius 1 is 1.34 bits per heavy atom. The summed E-state index contributed by atoms with van der Waals surface area (Å²) in [6, 6.07) is 9.34. The van der Waals surface area contributed by atoms with Gasteiger partial charge in [0.25, 0.3) is 0 Å². The number of aromatic nitrogens is 1. The van der Waals surface area contributed by atoms with Crippen LogP contribution in [-0.4, -0.2) is 44.7 Å². The Morgan fingerprint density at radius 3 is 2.79 bits per heavy atom. The van der Waals surface area contributed by atoms with E-state index in [-0.39, 0.29) is 12.5 Å². The molecule has 0 spiro atoms. The molecular formula is C21H23N3O3S2. The van der Waals surface area contributed by atoms with E-state index in [1.165, 1.54) is 11.3 Å². The first kappa shape index (κ1) is 20.2. The largest absolute Gasteiger partial charge is 0.392 e. The van der Waals surface area contributed by atoms with Crippen LogP contribution < -0.4 is 5.32 Å². The fourth-order valence-corrected chi connectivity index (χ4v) is 5.12. The number of aliphatic hydroxyl groups is 2. The van der Waals surface area contributed by atoms with E-state index >= 15 is 0 Å². The van der Waals surface area contributed by atoms with Crippen LogP contribution in [0.4, 0.5) is 0 Å². The lowest BCUT2D eigenvalue weighted by atomic mass is 10.1. The number of thiophene rings is 1. The van der Waals surface area contributed by atoms with Gasteiger partial charge in [-0.05, 0) is 41.3 Å². The number of β-amino-alcohol motifs (C(OH)–C–C–N with tert-alkyl or cyclic N) is 1. The fourth-order valence-electron chi connectivity index (χ4n) is 3.64. The van der Waals surface area contributed by atoms with Gasteiger partial charge in [-0.3, -0.25) is 9.69 Å². The van der Waals surface area contributed by atoms with Crippen LogP contribution in [0.25, 0.3) is 10.4 Å². The van der Waals surface area contributed by atoms with Crippen molar-refractivity contribution in [2.24, 2.45) is 0 Å². The molecule has 1 saturated heterocycles. The Bertz CT molecular complexity index is 956. The SMILES string of the molecule is Cc1ncsc1-c1ccc(CNC(=O)[C@@H]2C[C@@H](O)CN2C(O)c2ccsc2)cc1. The second kappa shape index (κ2) is 8.73. The lowest BCUT2D eigenvalue weighted by Gasteiger charge is -2.28. The molecule has 1 unspecified atom stereocenters. The van der Waals surface area contributed by atoms with Gasteiger partial charge in [0.1, 0.15) is 6.23 Å². The van der Waals surface area contributed by atoms with Crippen LogP contribution in [0.5, 0.6) is 0 Å². The maximum Gasteiger partial charge on any atom is 0.237 e. The fraction of sp³-hybridized carbons (Fsp3) is 0.333. The molecule has 1 amide bonds. The van der Waals surface area contributed by atoms with Gasteiger partial charge >= 0.3 is 0 Å². The van der Waals surface area contributed by atoms with Crippen LogP contribution in [0.1, 0.15) is 29.5 Å². The predicted molar refractivity (Wildman–Crippen MR) is 115 cm³/mol. The van der Waals surface area contributed by atoms with Crippen molar-refractivity contribution in [2.45, 2.75) is 38.3 Å². The summed E-state index contributed by atoms with van der Waals surface area (Å²) in [5, 5.41) is 27.4. The molecule has 29 heavy (non-hydrogen) atoms. The molecule has 1 aliphatic heterocycles. The van der Waals surface area contributed by atoms with Gasteiger partial charge in [-0.15, -0.1) is 11.3 Å². The van der Waals surface area contributed by atoms with E-state index in [0.29, 0.717) is 13.0 Å². The van der Waals surface area contributed by atoms with E-state index in [4.69, 9.17) is 0 Å². The van der Waals surface area contributed by atoms with Crippen LogP contribution >= 0.6 is 22.7 Å². The molecule has 152 valence electrons. The van der Waals surface area contributed by atoms with Gasteiger partial charge in [0.05, 0.1) is 28.2 Å². The number of nitrogens with one attached hydrogen (secondary N) is 1. The molecule has 3 heterocycles. The van der Waals surface area contributed by atoms with E-state index in [2.05, 4.69) is 10.3 Å². The second-order valence-corrected chi connectivity index (χ2v) is 8.85. The molecule has 1 aliphatic rings. The van der Waals surface area contributed by atoms with Gasteiger partial charge in [-0.25, -0.2) is 4.98 Å². The first-order valence-electron chi connectivity index (χ1n) is 9.44. The number of thiazole rings is 1. The summed E-state index contributed by atoms with van der Waals surface area (Å²) in [5.74, 6) is -0.182. The molecule has 1 fully saturated rings. The minimum atomic E-state index is -0.893. The second-order valence-electron chi connectivity index (χ2n) is 7.21. The minimum Gasteiger partial charge on any atom is -0.392 e. The zero-order valence-electron chi connectivity index (χ0n) is 16.0. The van der Waals surface area contributed by atoms with E-state index in [1.807, 2.05) is 53.5 Å². The number of carbonyl (C=O) groups is 1. The minimum absolute atomic E-state index is 0.182. The lowest BCUT2D eigenvalue weighted by Crippen LogP contribution is -2.44. The summed E-state index contributed by atoms with van der Waals surface area (Å²) in [7, 11) is 0. The van der Waals surface area contributed by atoms with Crippen molar-refractivity contribution in [1.29, 1.82) is 0 Å². The number of rotatable bonds is 6. The number of likely N-dealkylation sites (tertiary alicyclic amines) is 1. The zero-order valence-corrected chi connectivity index (χ0v) is 17.6. The highest BCUT2D eigenvalue weighted by Crippen LogP contribution is 2.30. The maximum atomic E-state index is 12.8. The predicted octanol–water partition coefficient (Wildman–Crippen LogP) is 2.92. The molecule has 1 aromatic carbocycles. The van der Waals surface area contributed by atoms with E-state index in [0.717, 1.165) is 27.3 Å². The van der Waals surface area contributed by atoms with Gasteiger partial charge < -0.3 is 15.5 Å². The monoisotopic (exact) mass is 429 g/mol. The molecular weight excluding hydrogens is 406 g/mol. The Morgan fingerprint density at radius 2 is 2.14 bits per heavy atom. The summed E-state index contributed by atoms with van der Waals surface area (Å²) >= 11 is 3.11. The van der Waals surface area contributed by atoms with Crippen molar-refractivity contribution in [1.82, 2.24) is 15.2 Å². The molecule has 0 radical (unpaired) electrons. The highest BCUT2D eigenvalue weighted by atomic mass is 32.1. The van der Waals surface area contributed by atoms with Gasteiger partial charge in [0.2, 0.25) is 5.91 Å². The molecule has 0 aliphatic carbocycles. The van der Waals surface area contributed by atoms with Crippen LogP contribution in [-0.2, 0) is 11.3 Å². The number of aliphatic hydroxyl groups excluding tert-OH is 2. The Labute approximate surface area is 177 Å². The van der Waals surface area contributed by atoms with Crippen molar-refractivity contribution in [2.75, 3.05) is 6.54 Å². The summed E-state index contributed by atoms with van der Waals surface area (Å²) in [5.41, 5.74) is 5.71. The first-order valence-corrected chi connectivity index (χ1v) is 11.3. The van der Waals surface area contributed by atoms with Gasteiger partial charge in [0, 0.05) is 18.7 Å². The molecule has 2 aromatic heterocycles. The molecule has 4 rings (SSSR count). The van der Waals surface area contributed by atoms with Crippen LogP contribution in [0, 0.1) is 6.92 Å². The standard InChI is InChI=1S/C21H23N3O3S2/c1-13-19(29-12-23-13)15-4-2-14(3-5-15)9-22-20(26)18-8-17(25)10-24(18)21(27)16-6-7-28-11-16/h2-7,11-12,17-18,21,25,27H,8-10H2,1H3,(H,22,26)/t17-,18+,21?/m1/s1. The van der Waals surface area contributed by atoms with Gasteiger partial charge in [-0.1, -0.05) is 24.3 Å². The third kappa shape index (κ3) is 4.41. The number of nitrogens with zero attached hydrogens (tertiary/aromatic N) is 2. The molecule has 3 atom stereocenters. The summed E-state index contributed by atoms with van der Waals surface area (Å²) < 4.78 is 0. The third-order valence-electron chi connectivity index (χ3n) is 5.20. The van der Waals surface area contributed by atoms with Crippen molar-refractivity contribution in [3.63, 3.8) is 0 Å². The van der Waals surface area contributed by atoms with E-state index < -0.39 is 18.4 Å². The Hall–Kier alpha value is -2.10. The molecule has 6 nitrogen and oxygen atoms in total. The van der Waals surface area contributed by atoms with E-state index in [9.17, 15) is 15.0 Å². The summed E-state index contributed by atoms with van der Waals surface area (Å²) in [6.45, 7) is 2.67. The van der Waals surface area contributed by atoms with E-state index in [1.54, 1.807) is 16.2 Å². The summed E-state index contributed by atoms with van der Waals surface area (Å²) in [4.78, 5) is 19.9. The van der Waals surface area contributed by atoms with Gasteiger partial charge in [0.15, 0.2) is 0 Å². The topological polar surface area (TPSA) is 85.7 Å². The number of amides is 1. The number of hydrogen-bond acceptors (Lipinski definition) is 7. The normalized spacial score (nSPS) is 20.7. The molecule has 0 saturated carbocycles. The number of benzene rings is 1. The molecule has 3 aromatic rings. The Balaban J connectivity index is 1.39. The average molecular weight is 430 g/mol. The van der Waals surface area contributed by atoms with Gasteiger partial charge in [-0.2, -0.15) is 11.3 Å². The highest BCUT2D eigenvalue weighted by molar-refractivity contribution is 7.13. The van der Waals surface area contributed by atoms with Crippen molar-refractivity contribution in [3.05, 3.63) is 63.4 Å². The van der Waals surface area contributed by atoms with Crippen molar-refractivity contribution < 1.29 is 15.0 Å². The smallest absolute Gasteiger partial charge is 0.237 e. The Kier molecular flexibility index (Phi) is 6.07. The average Bonchev–Trinajstić information content (AvgIpc) is 3.47. The molecule has 0 bridgehead atoms. The highest BCUT2D eigenvalue weighted by Gasteiger charge is 2.39. The quantitative estimate of drug-likeness (QED) is 0.561. The number of carbonyl (C=O) groups excluding carboxylic acids is 1. The third-order valence-corrected chi connectivity index (χ3v) is 6.88. The number of aryl methyl sites for hydroxylation is 1. The molecule has 8 heteroatoms.